The molecule has 4 aromatic carbocycles. The number of aromatic nitrogens is 5. The fourth-order valence-electron chi connectivity index (χ4n) is 11.2. The number of amides is 3. The second-order valence-corrected chi connectivity index (χ2v) is 20.8. The highest BCUT2D eigenvalue weighted by Gasteiger charge is 2.33. The van der Waals surface area contributed by atoms with E-state index in [0.29, 0.717) is 77.7 Å². The third-order valence-corrected chi connectivity index (χ3v) is 15.7. The zero-order chi connectivity index (χ0) is 53.2. The minimum atomic E-state index is -0.439. The Labute approximate surface area is 442 Å². The van der Waals surface area contributed by atoms with E-state index in [2.05, 4.69) is 41.7 Å². The highest BCUT2D eigenvalue weighted by Crippen LogP contribution is 2.41. The van der Waals surface area contributed by atoms with Gasteiger partial charge in [0.2, 0.25) is 17.8 Å². The predicted octanol–water partition coefficient (Wildman–Crippen LogP) is 7.54. The normalized spacial score (nSPS) is 16.9. The van der Waals surface area contributed by atoms with Gasteiger partial charge in [0.1, 0.15) is 22.9 Å². The lowest BCUT2D eigenvalue weighted by Crippen LogP contribution is -2.47. The number of anilines is 6. The number of nitrogens with one attached hydrogen (secondary N) is 3. The smallest absolute Gasteiger partial charge is 0.348 e. The lowest BCUT2D eigenvalue weighted by Gasteiger charge is -2.37. The van der Waals surface area contributed by atoms with Crippen LogP contribution < -0.4 is 35.8 Å². The second-order valence-electron chi connectivity index (χ2n) is 20.8. The van der Waals surface area contributed by atoms with E-state index >= 15 is 0 Å². The largest absolute Gasteiger partial charge is 0.508 e. The minimum absolute atomic E-state index is 0.00123. The van der Waals surface area contributed by atoms with Crippen molar-refractivity contribution in [1.29, 1.82) is 0 Å². The first-order valence-corrected chi connectivity index (χ1v) is 26.6. The quantitative estimate of drug-likeness (QED) is 0.0713. The van der Waals surface area contributed by atoms with Crippen molar-refractivity contribution in [3.05, 3.63) is 112 Å². The number of aromatic amines is 1. The van der Waals surface area contributed by atoms with Crippen LogP contribution in [0.25, 0.3) is 17.1 Å². The number of aromatic hydroxyl groups is 2. The number of carbonyl (C=O) groups is 3. The summed E-state index contributed by atoms with van der Waals surface area (Å²) in [6.07, 6.45) is 6.49. The lowest BCUT2D eigenvalue weighted by molar-refractivity contribution is -0.138. The molecule has 10 rings (SSSR count). The number of benzene rings is 4. The van der Waals surface area contributed by atoms with Gasteiger partial charge < -0.3 is 45.2 Å². The van der Waals surface area contributed by atoms with Gasteiger partial charge in [-0.1, -0.05) is 38.1 Å². The first-order valence-electron chi connectivity index (χ1n) is 26.6. The number of H-pyrrole nitrogens is 1. The zero-order valence-electron chi connectivity index (χ0n) is 44.0. The standard InChI is InChI=1S/C57H68N12O7/c1-6-76-50-29-41(15-16-45(50)60-56-59-33-47-52(61-56)64(4)46-10-8-7-9-42(46)55(74)65(47)5)67-27-21-38(22-28-67)53(72)58-32-36-17-25-68(26-18-36)54(73)39-19-23-66(24-20-39)34-37-11-13-40(14-12-37)69-51(62-63-57(69)75)44-30-43(35(2)3)48(70)31-49(44)71/h7-16,29-31,33,35-36,38-39,70-71H,6,17-28,32,34H2,1-5H3,(H,58,72)(H,63,75)(H,59,60,61). The van der Waals surface area contributed by atoms with Crippen molar-refractivity contribution in [2.24, 2.45) is 17.8 Å². The number of hydrogen-bond donors (Lipinski definition) is 5. The predicted molar refractivity (Wildman–Crippen MR) is 292 cm³/mol. The molecule has 6 aromatic rings. The fourth-order valence-corrected chi connectivity index (χ4v) is 11.2. The van der Waals surface area contributed by atoms with Gasteiger partial charge in [-0.15, -0.1) is 0 Å². The molecular weight excluding hydrogens is 965 g/mol. The van der Waals surface area contributed by atoms with Crippen molar-refractivity contribution in [3.63, 3.8) is 0 Å². The van der Waals surface area contributed by atoms with E-state index in [1.165, 1.54) is 10.6 Å². The van der Waals surface area contributed by atoms with Gasteiger partial charge in [0, 0.05) is 83.0 Å². The van der Waals surface area contributed by atoms with Crippen molar-refractivity contribution >= 4 is 52.2 Å². The summed E-state index contributed by atoms with van der Waals surface area (Å²) < 4.78 is 7.53. The van der Waals surface area contributed by atoms with E-state index in [1.54, 1.807) is 24.2 Å². The van der Waals surface area contributed by atoms with Crippen LogP contribution in [0.4, 0.5) is 34.5 Å². The van der Waals surface area contributed by atoms with Crippen LogP contribution in [0.3, 0.4) is 0 Å². The molecule has 0 atom stereocenters. The molecule has 2 aromatic heterocycles. The third-order valence-electron chi connectivity index (χ3n) is 15.7. The van der Waals surface area contributed by atoms with E-state index in [4.69, 9.17) is 9.72 Å². The molecule has 0 radical (unpaired) electrons. The number of fused-ring (bicyclic) bond motifs is 2. The lowest BCUT2D eigenvalue weighted by atomic mass is 9.91. The van der Waals surface area contributed by atoms with Crippen LogP contribution in [0, 0.1) is 17.8 Å². The number of phenols is 2. The highest BCUT2D eigenvalue weighted by molar-refractivity contribution is 6.13. The van der Waals surface area contributed by atoms with E-state index < -0.39 is 5.69 Å². The Balaban J connectivity index is 0.653. The maximum Gasteiger partial charge on any atom is 0.348 e. The first-order chi connectivity index (χ1) is 36.7. The molecule has 4 aliphatic heterocycles. The van der Waals surface area contributed by atoms with Crippen LogP contribution in [-0.4, -0.2) is 129 Å². The Morgan fingerprint density at radius 3 is 2.22 bits per heavy atom. The van der Waals surface area contributed by atoms with Crippen molar-refractivity contribution in [3.8, 4) is 34.3 Å². The van der Waals surface area contributed by atoms with Gasteiger partial charge in [-0.25, -0.2) is 19.4 Å². The average molecular weight is 1030 g/mol. The first kappa shape index (κ1) is 51.6. The number of piperidine rings is 3. The molecule has 76 heavy (non-hydrogen) atoms. The number of carbonyl (C=O) groups excluding carboxylic acids is 3. The molecule has 19 nitrogen and oxygen atoms in total. The summed E-state index contributed by atoms with van der Waals surface area (Å²) in [4.78, 5) is 73.0. The molecule has 0 aliphatic carbocycles. The number of rotatable bonds is 14. The molecule has 0 saturated carbocycles. The van der Waals surface area contributed by atoms with Crippen molar-refractivity contribution in [1.82, 2.24) is 39.8 Å². The molecule has 3 saturated heterocycles. The monoisotopic (exact) mass is 1030 g/mol. The van der Waals surface area contributed by atoms with E-state index in [1.807, 2.05) is 98.3 Å². The molecule has 3 amide bonds. The summed E-state index contributed by atoms with van der Waals surface area (Å²) in [6, 6.07) is 24.2. The van der Waals surface area contributed by atoms with Gasteiger partial charge in [-0.2, -0.15) is 10.1 Å². The molecular formula is C57H68N12O7. The molecule has 0 spiro atoms. The average Bonchev–Trinajstić information content (AvgIpc) is 3.81. The molecule has 0 bridgehead atoms. The van der Waals surface area contributed by atoms with Crippen LogP contribution in [0.15, 0.2) is 89.9 Å². The maximum absolute atomic E-state index is 13.7. The summed E-state index contributed by atoms with van der Waals surface area (Å²) in [5.41, 5.74) is 5.92. The van der Waals surface area contributed by atoms with Crippen molar-refractivity contribution in [2.45, 2.75) is 71.8 Å². The van der Waals surface area contributed by atoms with Gasteiger partial charge in [-0.05, 0) is 124 Å². The van der Waals surface area contributed by atoms with Gasteiger partial charge in [0.25, 0.3) is 5.91 Å². The fraction of sp³-hybridized carbons (Fsp3) is 0.421. The topological polar surface area (TPSA) is 218 Å². The summed E-state index contributed by atoms with van der Waals surface area (Å²) >= 11 is 0. The minimum Gasteiger partial charge on any atom is -0.508 e. The van der Waals surface area contributed by atoms with E-state index in [-0.39, 0.29) is 52.8 Å². The summed E-state index contributed by atoms with van der Waals surface area (Å²) in [7, 11) is 3.62. The Kier molecular flexibility index (Phi) is 15.0. The van der Waals surface area contributed by atoms with Crippen LogP contribution >= 0.6 is 0 Å². The van der Waals surface area contributed by atoms with Crippen LogP contribution in [-0.2, 0) is 16.1 Å². The van der Waals surface area contributed by atoms with Crippen molar-refractivity contribution in [2.75, 3.05) is 86.5 Å². The number of likely N-dealkylation sites (tertiary alicyclic amines) is 2. The Bertz CT molecular complexity index is 3150. The van der Waals surface area contributed by atoms with E-state index in [9.17, 15) is 29.4 Å². The molecule has 3 fully saturated rings. The Morgan fingerprint density at radius 1 is 0.789 bits per heavy atom. The van der Waals surface area contributed by atoms with Crippen LogP contribution in [0.1, 0.15) is 86.7 Å². The van der Waals surface area contributed by atoms with Crippen LogP contribution in [0.2, 0.25) is 0 Å². The zero-order valence-corrected chi connectivity index (χ0v) is 44.0. The number of nitrogens with zero attached hydrogens (tertiary/aromatic N) is 9. The highest BCUT2D eigenvalue weighted by atomic mass is 16.5. The number of phenolic OH excluding ortho intramolecular Hbond substituents is 2. The summed E-state index contributed by atoms with van der Waals surface area (Å²) in [6.45, 7) is 12.2. The molecule has 0 unspecified atom stereocenters. The van der Waals surface area contributed by atoms with Gasteiger partial charge in [-0.3, -0.25) is 19.3 Å². The Morgan fingerprint density at radius 2 is 1.50 bits per heavy atom. The molecule has 6 heterocycles. The SMILES string of the molecule is CCOc1cc(N2CCC(C(=O)NCC3CCN(C(=O)C4CCN(Cc5ccc(-n6c(-c7cc(C(C)C)c(O)cc7O)n[nH]c6=O)cc5)CC4)CC3)CC2)ccc1Nc1ncc2c(n1)N(C)c1ccccc1C(=O)N2C. The number of ether oxygens (including phenoxy) is 1. The molecule has 4 aliphatic rings. The second kappa shape index (κ2) is 22.1. The number of hydrogen-bond acceptors (Lipinski definition) is 14. The van der Waals surface area contributed by atoms with Gasteiger partial charge in [0.05, 0.1) is 41.0 Å². The number of para-hydroxylation sites is 1. The molecule has 398 valence electrons. The van der Waals surface area contributed by atoms with Gasteiger partial charge in [0.15, 0.2) is 11.6 Å². The van der Waals surface area contributed by atoms with Gasteiger partial charge >= 0.3 is 5.69 Å². The summed E-state index contributed by atoms with van der Waals surface area (Å²) in [5, 5.41) is 34.4. The molecule has 5 N–H and O–H groups in total. The molecule has 19 heteroatoms. The van der Waals surface area contributed by atoms with E-state index in [0.717, 1.165) is 93.9 Å². The maximum atomic E-state index is 13.7. The van der Waals surface area contributed by atoms with Crippen molar-refractivity contribution < 1.29 is 29.3 Å². The Hall–Kier alpha value is -7.93. The summed E-state index contributed by atoms with van der Waals surface area (Å²) in [5.74, 6) is 2.19. The van der Waals surface area contributed by atoms with Crippen LogP contribution in [0.5, 0.6) is 17.2 Å². The third kappa shape index (κ3) is 10.7.